The molecule has 8 aromatic rings. The fourth-order valence-corrected chi connectivity index (χ4v) is 11.2. The zero-order chi connectivity index (χ0) is 77.8. The van der Waals surface area contributed by atoms with Crippen LogP contribution in [0.4, 0.5) is 22.7 Å². The molecule has 4 unspecified atom stereocenters. The molecule has 8 rings (SSSR count). The van der Waals surface area contributed by atoms with Crippen molar-refractivity contribution in [3.05, 3.63) is 289 Å². The van der Waals surface area contributed by atoms with Crippen LogP contribution in [-0.4, -0.2) is 45.0 Å². The third kappa shape index (κ3) is 35.3. The monoisotopic (exact) mass is 1620 g/mol. The van der Waals surface area contributed by atoms with Gasteiger partial charge in [0.05, 0.1) is 45.9 Å². The molecule has 0 amide bonds. The van der Waals surface area contributed by atoms with E-state index in [1.165, 1.54) is 63.2 Å². The average molecular weight is 1630 g/mol. The van der Waals surface area contributed by atoms with Crippen molar-refractivity contribution in [1.82, 2.24) is 31.9 Å². The minimum atomic E-state index is -3.27. The van der Waals surface area contributed by atoms with E-state index < -0.39 is 19.9 Å². The first-order chi connectivity index (χ1) is 48.5. The van der Waals surface area contributed by atoms with E-state index in [9.17, 15) is 28.6 Å². The first-order valence-electron chi connectivity index (χ1n) is 34.3. The first kappa shape index (κ1) is 93.7. The molecule has 0 saturated carbocycles. The molecule has 0 saturated heterocycles. The molecule has 0 fully saturated rings. The van der Waals surface area contributed by atoms with Crippen LogP contribution in [0.1, 0.15) is 202 Å². The molecular weight excluding hydrogens is 1520 g/mol. The third-order valence-corrected chi connectivity index (χ3v) is 18.0. The zero-order valence-corrected chi connectivity index (χ0v) is 70.2. The molecule has 24 heteroatoms. The van der Waals surface area contributed by atoms with Gasteiger partial charge in [-0.1, -0.05) is 217 Å². The van der Waals surface area contributed by atoms with E-state index in [4.69, 9.17) is 42.4 Å². The van der Waals surface area contributed by atoms with Gasteiger partial charge in [0, 0.05) is 81.3 Å². The minimum Gasteiger partial charge on any atom is -0.399 e. The van der Waals surface area contributed by atoms with Gasteiger partial charge in [0.2, 0.25) is 10.0 Å². The van der Waals surface area contributed by atoms with E-state index in [1.54, 1.807) is 36.4 Å². The number of nitrogens with one attached hydrogen (secondary N) is 7. The van der Waals surface area contributed by atoms with Gasteiger partial charge >= 0.3 is 0 Å². The number of hydrogen-bond donors (Lipinski definition) is 9. The number of non-ortho nitro benzene ring substituents is 2. The summed E-state index contributed by atoms with van der Waals surface area (Å²) in [7, 11) is -3.27. The SMILES string of the molecule is CC(C)(C)c1ccc(CN=C=S)cc1.CC(NC(=S)NCc1ccc(C(C)(C)C)cc1)c1ccc(N)cc1.CC(NC(=S)NCc1ccc(C(C)(C)C)cc1)c1ccc(NS(C)(=O)=O)cc1.CC(NC(=S)NCc1ccc(C(C)(C)C)cc1)c1ccc([N+](=O)[O-])cc1.CC([NH3+])c1ccc([N+](=O)[O-])cc1.[CH3-].[Pd]. The van der Waals surface area contributed by atoms with E-state index in [-0.39, 0.29) is 85.1 Å². The number of thiocarbonyl (C=S) groups is 4. The quantitative estimate of drug-likeness (QED) is 0.00692. The fraction of sp³-hybridized carbons (Fsp3) is 0.354. The third-order valence-electron chi connectivity index (χ3n) is 16.4. The molecule has 0 aliphatic carbocycles. The summed E-state index contributed by atoms with van der Waals surface area (Å²) in [5.74, 6) is 0. The maximum atomic E-state index is 11.3. The number of hydrogen-bond acceptors (Lipinski definition) is 12. The second kappa shape index (κ2) is 44.0. The van der Waals surface area contributed by atoms with Crippen LogP contribution in [0.2, 0.25) is 0 Å². The molecule has 0 spiro atoms. The Morgan fingerprint density at radius 2 is 0.717 bits per heavy atom. The van der Waals surface area contributed by atoms with Crippen LogP contribution in [0.5, 0.6) is 0 Å². The van der Waals surface area contributed by atoms with E-state index >= 15 is 0 Å². The number of nitrogens with two attached hydrogens (primary N) is 1. The molecule has 574 valence electrons. The van der Waals surface area contributed by atoms with Gasteiger partial charge in [-0.2, -0.15) is 0 Å². The number of benzene rings is 8. The molecule has 0 radical (unpaired) electrons. The predicted molar refractivity (Wildman–Crippen MR) is 452 cm³/mol. The number of nitrogen functional groups attached to an aromatic ring is 1. The Morgan fingerprint density at radius 1 is 0.462 bits per heavy atom. The molecule has 4 atom stereocenters. The number of sulfonamides is 1. The maximum absolute atomic E-state index is 11.3. The minimum absolute atomic E-state index is 0. The first-order valence-corrected chi connectivity index (χ1v) is 37.8. The summed E-state index contributed by atoms with van der Waals surface area (Å²) in [4.78, 5) is 24.1. The molecule has 12 N–H and O–H groups in total. The number of nitrogens with zero attached hydrogens (tertiary/aromatic N) is 3. The normalized spacial score (nSPS) is 12.1. The van der Waals surface area contributed by atoms with Crippen molar-refractivity contribution >= 4 is 102 Å². The van der Waals surface area contributed by atoms with E-state index in [1.807, 2.05) is 57.2 Å². The van der Waals surface area contributed by atoms with Crippen molar-refractivity contribution in [2.45, 2.75) is 183 Å². The molecule has 0 aromatic heterocycles. The Hall–Kier alpha value is -8.40. The van der Waals surface area contributed by atoms with Crippen LogP contribution in [0, 0.1) is 27.7 Å². The van der Waals surface area contributed by atoms with Gasteiger partial charge in [-0.25, -0.2) is 13.4 Å². The van der Waals surface area contributed by atoms with E-state index in [2.05, 4.69) is 252 Å². The fourth-order valence-electron chi connectivity index (χ4n) is 9.79. The Balaban J connectivity index is 0.000000462. The molecular formula is C82H110N12O6PdS5. The summed E-state index contributed by atoms with van der Waals surface area (Å²) in [5, 5.41) is 44.6. The van der Waals surface area contributed by atoms with Gasteiger partial charge in [0.25, 0.3) is 11.4 Å². The van der Waals surface area contributed by atoms with Gasteiger partial charge in [-0.05, 0) is 196 Å². The van der Waals surface area contributed by atoms with E-state index in [0.29, 0.717) is 47.2 Å². The van der Waals surface area contributed by atoms with Crippen LogP contribution in [0.15, 0.2) is 199 Å². The van der Waals surface area contributed by atoms with E-state index in [0.717, 1.165) is 39.8 Å². The van der Waals surface area contributed by atoms with Crippen molar-refractivity contribution in [1.29, 1.82) is 0 Å². The predicted octanol–water partition coefficient (Wildman–Crippen LogP) is 17.9. The van der Waals surface area contributed by atoms with Crippen molar-refractivity contribution in [2.75, 3.05) is 16.7 Å². The van der Waals surface area contributed by atoms with Gasteiger partial charge < -0.3 is 50.8 Å². The number of nitro benzene ring substituents is 2. The van der Waals surface area contributed by atoms with Gasteiger partial charge in [0.15, 0.2) is 15.3 Å². The van der Waals surface area contributed by atoms with Gasteiger partial charge in [-0.15, -0.1) is 0 Å². The van der Waals surface area contributed by atoms with Crippen LogP contribution >= 0.6 is 48.9 Å². The van der Waals surface area contributed by atoms with Crippen LogP contribution < -0.4 is 48.1 Å². The standard InChI is InChI=1S/C21H29N3O2S2.C20H25N3O2S.C20H27N3S.C12H15NS.C8H10N2O2.CH3.Pd/c1-15(17-8-12-19(13-9-17)24-28(5,25)26)23-20(27)22-14-16-6-10-18(11-7-16)21(2,3)4;1-14(16-7-11-18(12-8-16)23(24)25)22-19(26)21-13-15-5-9-17(10-6-15)20(2,3)4;1-14(16-7-11-18(21)12-8-16)23-19(24)22-13-15-5-9-17(10-6-15)20(2,3)4;1-12(2,3)11-6-4-10(5-7-11)8-13-9-14;1-6(9)7-2-4-8(5-3-7)10(11)12;;/h6-13,15,24H,14H2,1-5H3,(H2,22,23,27);5-12,14H,13H2,1-4H3,(H2,21,22,26);5-12,14H,13,21H2,1-4H3,(H2,22,23,24);4-7H,8H2,1-3H3;2-6H,9H2,1H3;1H3;/q;;;;;-1;/p+1. The summed E-state index contributed by atoms with van der Waals surface area (Å²) in [6, 6.07) is 62.5. The Kier molecular flexibility index (Phi) is 38.9. The molecule has 0 heterocycles. The Morgan fingerprint density at radius 3 is 0.962 bits per heavy atom. The van der Waals surface area contributed by atoms with Crippen molar-refractivity contribution < 1.29 is 44.4 Å². The summed E-state index contributed by atoms with van der Waals surface area (Å²) in [6.45, 7) is 37.1. The van der Waals surface area contributed by atoms with Crippen molar-refractivity contribution in [3.8, 4) is 0 Å². The number of aliphatic imine (C=N–C) groups is 1. The molecule has 0 aliphatic rings. The average Bonchev–Trinajstić information content (AvgIpc) is 0.858. The van der Waals surface area contributed by atoms with Gasteiger partial charge in [-0.3, -0.25) is 25.0 Å². The smallest absolute Gasteiger partial charge is 0.269 e. The molecule has 18 nitrogen and oxygen atoms in total. The van der Waals surface area contributed by atoms with Gasteiger partial charge in [0.1, 0.15) is 6.04 Å². The maximum Gasteiger partial charge on any atom is 0.269 e. The summed E-state index contributed by atoms with van der Waals surface area (Å²) in [5.41, 5.74) is 25.8. The second-order valence-corrected chi connectivity index (χ2v) is 32.8. The van der Waals surface area contributed by atoms with Crippen LogP contribution in [0.25, 0.3) is 0 Å². The topological polar surface area (TPSA) is 271 Å². The van der Waals surface area contributed by atoms with Crippen LogP contribution in [-0.2, 0) is 78.3 Å². The number of nitro groups is 2. The largest absolute Gasteiger partial charge is 0.399 e. The number of rotatable bonds is 19. The molecule has 0 bridgehead atoms. The zero-order valence-electron chi connectivity index (χ0n) is 64.5. The number of anilines is 2. The summed E-state index contributed by atoms with van der Waals surface area (Å²) in [6.07, 6.45) is 1.13. The molecule has 8 aromatic carbocycles. The molecule has 106 heavy (non-hydrogen) atoms. The summed E-state index contributed by atoms with van der Waals surface area (Å²) < 4.78 is 25.0. The van der Waals surface area contributed by atoms with Crippen molar-refractivity contribution in [3.63, 3.8) is 0 Å². The number of quaternary nitrogens is 1. The second-order valence-electron chi connectivity index (χ2n) is 29.6. The molecule has 0 aliphatic heterocycles. The number of isothiocyanates is 1. The summed E-state index contributed by atoms with van der Waals surface area (Å²) >= 11 is 20.7. The Labute approximate surface area is 666 Å². The Bertz CT molecular complexity index is 4200. The van der Waals surface area contributed by atoms with Crippen molar-refractivity contribution in [2.24, 2.45) is 4.99 Å². The van der Waals surface area contributed by atoms with Crippen LogP contribution in [0.3, 0.4) is 0 Å².